The summed E-state index contributed by atoms with van der Waals surface area (Å²) in [6.07, 6.45) is 0. The standard InChI is InChI=1S/C27H28FN5O3/c1-27(2,3)29-26(35)25(18-8-7-9-21(16-18)36-4)33(20-14-12-19(28)13-15-20)24(34)17-32-23-11-6-5-10-22(23)30-31-32/h5-16,25H,17H2,1-4H3,(H,29,35)/t25-/m0/s1. The molecule has 1 aromatic heterocycles. The van der Waals surface area contributed by atoms with Crippen LogP contribution in [0.15, 0.2) is 72.8 Å². The molecule has 3 aromatic carbocycles. The van der Waals surface area contributed by atoms with Crippen LogP contribution in [0.2, 0.25) is 0 Å². The molecule has 9 heteroatoms. The maximum Gasteiger partial charge on any atom is 0.249 e. The predicted octanol–water partition coefficient (Wildman–Crippen LogP) is 4.27. The quantitative estimate of drug-likeness (QED) is 0.419. The van der Waals surface area contributed by atoms with E-state index in [0.717, 1.165) is 0 Å². The summed E-state index contributed by atoms with van der Waals surface area (Å²) in [5, 5.41) is 11.2. The lowest BCUT2D eigenvalue weighted by Gasteiger charge is -2.34. The number of ether oxygens (including phenoxy) is 1. The maximum atomic E-state index is 13.9. The van der Waals surface area contributed by atoms with E-state index in [2.05, 4.69) is 15.6 Å². The lowest BCUT2D eigenvalue weighted by atomic mass is 10.0. The molecule has 0 saturated heterocycles. The third-order valence-corrected chi connectivity index (χ3v) is 5.49. The van der Waals surface area contributed by atoms with Crippen molar-refractivity contribution < 1.29 is 18.7 Å². The van der Waals surface area contributed by atoms with Crippen LogP contribution in [0, 0.1) is 5.82 Å². The first kappa shape index (κ1) is 24.8. The summed E-state index contributed by atoms with van der Waals surface area (Å²) in [6.45, 7) is 5.40. The monoisotopic (exact) mass is 489 g/mol. The number of fused-ring (bicyclic) bond motifs is 1. The Kier molecular flexibility index (Phi) is 7.00. The lowest BCUT2D eigenvalue weighted by molar-refractivity contribution is -0.128. The van der Waals surface area contributed by atoms with Crippen LogP contribution in [0.5, 0.6) is 5.75 Å². The number of methoxy groups -OCH3 is 1. The number of para-hydroxylation sites is 1. The van der Waals surface area contributed by atoms with E-state index >= 15 is 0 Å². The number of benzene rings is 3. The number of nitrogens with zero attached hydrogens (tertiary/aromatic N) is 4. The van der Waals surface area contributed by atoms with Crippen molar-refractivity contribution in [3.63, 3.8) is 0 Å². The zero-order chi connectivity index (χ0) is 25.9. The van der Waals surface area contributed by atoms with Crippen LogP contribution in [-0.2, 0) is 16.1 Å². The van der Waals surface area contributed by atoms with Crippen LogP contribution >= 0.6 is 0 Å². The average molecular weight is 490 g/mol. The number of rotatable bonds is 7. The molecular formula is C27H28FN5O3. The molecule has 1 N–H and O–H groups in total. The first-order valence-corrected chi connectivity index (χ1v) is 11.5. The molecule has 0 radical (unpaired) electrons. The second-order valence-electron chi connectivity index (χ2n) is 9.39. The molecule has 0 aliphatic carbocycles. The van der Waals surface area contributed by atoms with E-state index in [1.807, 2.05) is 39.0 Å². The second kappa shape index (κ2) is 10.2. The summed E-state index contributed by atoms with van der Waals surface area (Å²) in [4.78, 5) is 29.0. The molecule has 0 unspecified atom stereocenters. The van der Waals surface area contributed by atoms with Crippen LogP contribution in [0.25, 0.3) is 11.0 Å². The van der Waals surface area contributed by atoms with Crippen LogP contribution in [0.1, 0.15) is 32.4 Å². The largest absolute Gasteiger partial charge is 0.497 e. The minimum atomic E-state index is -1.06. The fourth-order valence-corrected chi connectivity index (χ4v) is 3.94. The minimum absolute atomic E-state index is 0.179. The molecule has 4 aromatic rings. The van der Waals surface area contributed by atoms with Crippen LogP contribution < -0.4 is 15.0 Å². The molecule has 186 valence electrons. The highest BCUT2D eigenvalue weighted by atomic mass is 19.1. The Balaban J connectivity index is 1.83. The Morgan fingerprint density at radius 1 is 1.06 bits per heavy atom. The number of aromatic nitrogens is 3. The Bertz CT molecular complexity index is 1380. The van der Waals surface area contributed by atoms with E-state index in [9.17, 15) is 14.0 Å². The van der Waals surface area contributed by atoms with Crippen LogP contribution in [-0.4, -0.2) is 39.5 Å². The summed E-state index contributed by atoms with van der Waals surface area (Å²) in [7, 11) is 1.53. The number of amides is 2. The number of anilines is 1. The molecule has 0 aliphatic rings. The van der Waals surface area contributed by atoms with Gasteiger partial charge in [-0.15, -0.1) is 5.10 Å². The van der Waals surface area contributed by atoms with Crippen molar-refractivity contribution in [2.45, 2.75) is 38.9 Å². The number of carbonyl (C=O) groups is 2. The van der Waals surface area contributed by atoms with E-state index in [4.69, 9.17) is 4.74 Å². The van der Waals surface area contributed by atoms with Gasteiger partial charge < -0.3 is 10.1 Å². The number of nitrogens with one attached hydrogen (secondary N) is 1. The van der Waals surface area contributed by atoms with Gasteiger partial charge in [-0.1, -0.05) is 29.5 Å². The molecule has 1 atom stereocenters. The van der Waals surface area contributed by atoms with Crippen LogP contribution in [0.3, 0.4) is 0 Å². The number of hydrogen-bond donors (Lipinski definition) is 1. The Hall–Kier alpha value is -4.27. The third kappa shape index (κ3) is 5.51. The van der Waals surface area contributed by atoms with Crippen molar-refractivity contribution >= 4 is 28.5 Å². The van der Waals surface area contributed by atoms with Gasteiger partial charge >= 0.3 is 0 Å². The number of hydrogen-bond acceptors (Lipinski definition) is 5. The Morgan fingerprint density at radius 2 is 1.78 bits per heavy atom. The molecule has 0 spiro atoms. The highest BCUT2D eigenvalue weighted by Crippen LogP contribution is 2.31. The van der Waals surface area contributed by atoms with E-state index in [0.29, 0.717) is 28.0 Å². The Labute approximate surface area is 208 Å². The topological polar surface area (TPSA) is 89.4 Å². The summed E-state index contributed by atoms with van der Waals surface area (Å²) in [6, 6.07) is 18.7. The van der Waals surface area contributed by atoms with Crippen LogP contribution in [0.4, 0.5) is 10.1 Å². The molecule has 0 bridgehead atoms. The van der Waals surface area contributed by atoms with Gasteiger partial charge in [-0.05, 0) is 74.9 Å². The third-order valence-electron chi connectivity index (χ3n) is 5.49. The molecule has 1 heterocycles. The summed E-state index contributed by atoms with van der Waals surface area (Å²) < 4.78 is 20.7. The molecule has 0 fully saturated rings. The summed E-state index contributed by atoms with van der Waals surface area (Å²) in [5.74, 6) is -0.730. The highest BCUT2D eigenvalue weighted by Gasteiger charge is 2.35. The maximum absolute atomic E-state index is 13.9. The predicted molar refractivity (Wildman–Crippen MR) is 135 cm³/mol. The van der Waals surface area contributed by atoms with Gasteiger partial charge in [-0.2, -0.15) is 0 Å². The van der Waals surface area contributed by atoms with Crippen molar-refractivity contribution in [1.82, 2.24) is 20.3 Å². The van der Waals surface area contributed by atoms with Gasteiger partial charge in [0.15, 0.2) is 0 Å². The van der Waals surface area contributed by atoms with Gasteiger partial charge in [0, 0.05) is 11.2 Å². The average Bonchev–Trinajstić information content (AvgIpc) is 3.24. The highest BCUT2D eigenvalue weighted by molar-refractivity contribution is 6.01. The first-order chi connectivity index (χ1) is 17.2. The first-order valence-electron chi connectivity index (χ1n) is 11.5. The van der Waals surface area contributed by atoms with Crippen molar-refractivity contribution in [2.24, 2.45) is 0 Å². The van der Waals surface area contributed by atoms with Gasteiger partial charge in [0.25, 0.3) is 0 Å². The van der Waals surface area contributed by atoms with E-state index in [1.54, 1.807) is 30.3 Å². The van der Waals surface area contributed by atoms with Gasteiger partial charge in [-0.25, -0.2) is 9.07 Å². The smallest absolute Gasteiger partial charge is 0.249 e. The molecule has 0 aliphatic heterocycles. The molecule has 2 amide bonds. The molecular weight excluding hydrogens is 461 g/mol. The van der Waals surface area contributed by atoms with Crippen molar-refractivity contribution in [1.29, 1.82) is 0 Å². The number of halogens is 1. The minimum Gasteiger partial charge on any atom is -0.497 e. The summed E-state index contributed by atoms with van der Waals surface area (Å²) >= 11 is 0. The lowest BCUT2D eigenvalue weighted by Crippen LogP contribution is -2.50. The molecule has 4 rings (SSSR count). The van der Waals surface area contributed by atoms with Gasteiger partial charge in [0.2, 0.25) is 11.8 Å². The SMILES string of the molecule is COc1cccc([C@@H](C(=O)NC(C)(C)C)N(C(=O)Cn2nnc3ccccc32)c2ccc(F)cc2)c1. The van der Waals surface area contributed by atoms with Crippen molar-refractivity contribution in [3.05, 3.63) is 84.2 Å². The van der Waals surface area contributed by atoms with Gasteiger partial charge in [-0.3, -0.25) is 14.5 Å². The Morgan fingerprint density at radius 3 is 2.47 bits per heavy atom. The van der Waals surface area contributed by atoms with Gasteiger partial charge in [0.1, 0.15) is 29.7 Å². The fraction of sp³-hybridized carbons (Fsp3) is 0.259. The fourth-order valence-electron chi connectivity index (χ4n) is 3.94. The second-order valence-corrected chi connectivity index (χ2v) is 9.39. The van der Waals surface area contributed by atoms with E-state index in [1.165, 1.54) is 41.0 Å². The molecule has 8 nitrogen and oxygen atoms in total. The molecule has 36 heavy (non-hydrogen) atoms. The normalized spacial score (nSPS) is 12.2. The van der Waals surface area contributed by atoms with Crippen molar-refractivity contribution in [2.75, 3.05) is 12.0 Å². The summed E-state index contributed by atoms with van der Waals surface area (Å²) in [5.41, 5.74) is 1.67. The molecule has 0 saturated carbocycles. The van der Waals surface area contributed by atoms with E-state index < -0.39 is 29.2 Å². The number of carbonyl (C=O) groups excluding carboxylic acids is 2. The zero-order valence-electron chi connectivity index (χ0n) is 20.6. The zero-order valence-corrected chi connectivity index (χ0v) is 20.6. The van der Waals surface area contributed by atoms with E-state index in [-0.39, 0.29) is 6.54 Å². The van der Waals surface area contributed by atoms with Gasteiger partial charge in [0.05, 0.1) is 12.6 Å². The van der Waals surface area contributed by atoms with Crippen molar-refractivity contribution in [3.8, 4) is 5.75 Å².